The van der Waals surface area contributed by atoms with Gasteiger partial charge in [0.05, 0.1) is 41.0 Å². The van der Waals surface area contributed by atoms with Gasteiger partial charge in [0.1, 0.15) is 0 Å². The molecule has 0 atom stereocenters. The third kappa shape index (κ3) is 3.54. The molecule has 5 nitrogen and oxygen atoms in total. The zero-order valence-corrected chi connectivity index (χ0v) is 26.2. The van der Waals surface area contributed by atoms with E-state index in [0.29, 0.717) is 11.4 Å². The van der Waals surface area contributed by atoms with Crippen molar-refractivity contribution in [2.45, 2.75) is 5.41 Å². The predicted molar refractivity (Wildman–Crippen MR) is 197 cm³/mol. The summed E-state index contributed by atoms with van der Waals surface area (Å²) in [5.41, 5.74) is 14.1. The first kappa shape index (κ1) is 27.2. The molecule has 3 heterocycles. The van der Waals surface area contributed by atoms with Crippen LogP contribution >= 0.6 is 0 Å². The molecule has 0 amide bonds. The van der Waals surface area contributed by atoms with Crippen LogP contribution in [0.25, 0.3) is 48.3 Å². The van der Waals surface area contributed by atoms with E-state index in [1.807, 2.05) is 42.7 Å². The Morgan fingerprint density at radius 2 is 1.14 bits per heavy atom. The first-order valence-electron chi connectivity index (χ1n) is 16.2. The molecule has 10 rings (SSSR count). The summed E-state index contributed by atoms with van der Waals surface area (Å²) in [7, 11) is 0. The number of rotatable bonds is 2. The summed E-state index contributed by atoms with van der Waals surface area (Å²) in [6.45, 7) is 15.5. The van der Waals surface area contributed by atoms with E-state index in [1.165, 1.54) is 27.8 Å². The summed E-state index contributed by atoms with van der Waals surface area (Å²) < 4.78 is 2.27. The van der Waals surface area contributed by atoms with Crippen molar-refractivity contribution in [3.05, 3.63) is 197 Å². The van der Waals surface area contributed by atoms with Crippen LogP contribution in [0.4, 0.5) is 28.4 Å². The second-order valence-electron chi connectivity index (χ2n) is 12.6. The highest BCUT2D eigenvalue weighted by Crippen LogP contribution is 2.63. The van der Waals surface area contributed by atoms with Crippen molar-refractivity contribution in [1.82, 2.24) is 9.55 Å². The third-order valence-electron chi connectivity index (χ3n) is 10.3. The van der Waals surface area contributed by atoms with Crippen molar-refractivity contribution in [1.29, 1.82) is 0 Å². The van der Waals surface area contributed by atoms with Crippen molar-refractivity contribution in [3.63, 3.8) is 0 Å². The first-order chi connectivity index (χ1) is 24.2. The molecule has 1 aliphatic heterocycles. The Labute approximate surface area is 283 Å². The van der Waals surface area contributed by atoms with Crippen molar-refractivity contribution >= 4 is 50.2 Å². The maximum Gasteiger partial charge on any atom is 0.188 e. The van der Waals surface area contributed by atoms with E-state index in [9.17, 15) is 0 Å². The molecule has 0 unspecified atom stereocenters. The first-order valence-corrected chi connectivity index (χ1v) is 16.2. The van der Waals surface area contributed by atoms with Gasteiger partial charge in [-0.1, -0.05) is 91.0 Å². The van der Waals surface area contributed by atoms with Crippen molar-refractivity contribution in [2.75, 3.05) is 4.90 Å². The van der Waals surface area contributed by atoms with Crippen LogP contribution in [0.15, 0.2) is 152 Å². The predicted octanol–water partition coefficient (Wildman–Crippen LogP) is 11.4. The maximum atomic E-state index is 7.90. The zero-order valence-electron chi connectivity index (χ0n) is 26.2. The molecule has 8 aromatic rings. The highest BCUT2D eigenvalue weighted by Gasteiger charge is 2.51. The van der Waals surface area contributed by atoms with Gasteiger partial charge < -0.3 is 9.47 Å². The van der Waals surface area contributed by atoms with Crippen LogP contribution in [0, 0.1) is 13.1 Å². The quantitative estimate of drug-likeness (QED) is 0.179. The number of benzene rings is 6. The molecule has 6 aromatic carbocycles. The summed E-state index contributed by atoms with van der Waals surface area (Å²) in [4.78, 5) is 14.4. The average Bonchev–Trinajstić information content (AvgIpc) is 3.65. The van der Waals surface area contributed by atoms with Gasteiger partial charge in [0.15, 0.2) is 11.4 Å². The summed E-state index contributed by atoms with van der Waals surface area (Å²) in [6, 6.07) is 48.9. The lowest BCUT2D eigenvalue weighted by molar-refractivity contribution is 0.753. The molecular weight excluding hydrogens is 599 g/mol. The topological polar surface area (TPSA) is 29.8 Å². The van der Waals surface area contributed by atoms with E-state index < -0.39 is 5.41 Å². The maximum absolute atomic E-state index is 7.90. The number of para-hydroxylation sites is 2. The number of hydrogen-bond donors (Lipinski definition) is 0. The minimum atomic E-state index is -0.589. The Bertz CT molecular complexity index is 2730. The Kier molecular flexibility index (Phi) is 5.56. The van der Waals surface area contributed by atoms with Crippen LogP contribution in [0.1, 0.15) is 22.3 Å². The number of nitrogens with zero attached hydrogens (tertiary/aromatic N) is 5. The Balaban J connectivity index is 1.25. The Morgan fingerprint density at radius 1 is 0.510 bits per heavy atom. The van der Waals surface area contributed by atoms with Gasteiger partial charge in [-0.2, -0.15) is 0 Å². The van der Waals surface area contributed by atoms with Gasteiger partial charge in [-0.15, -0.1) is 0 Å². The zero-order chi connectivity index (χ0) is 32.7. The monoisotopic (exact) mass is 623 g/mol. The molecule has 1 aliphatic carbocycles. The molecule has 0 bridgehead atoms. The minimum absolute atomic E-state index is 0.589. The number of hydrogen-bond acceptors (Lipinski definition) is 2. The summed E-state index contributed by atoms with van der Waals surface area (Å²) in [5, 5.41) is 2.02. The van der Waals surface area contributed by atoms with E-state index in [1.54, 1.807) is 0 Å². The van der Waals surface area contributed by atoms with E-state index in [-0.39, 0.29) is 0 Å². The smallest absolute Gasteiger partial charge is 0.188 e. The van der Waals surface area contributed by atoms with Gasteiger partial charge in [0, 0.05) is 29.2 Å². The van der Waals surface area contributed by atoms with Gasteiger partial charge >= 0.3 is 0 Å². The molecule has 0 saturated heterocycles. The largest absolute Gasteiger partial charge is 0.310 e. The molecule has 49 heavy (non-hydrogen) atoms. The van der Waals surface area contributed by atoms with Crippen LogP contribution in [-0.2, 0) is 5.41 Å². The SMILES string of the molecule is [C-]#[N+]c1ccc2c(c1)C1(c3ccccc3-2)c2ccccc2N(c2cccc(-n3c4ccncc4c4cc([N+]#[C-])ccc43)c2)c2ccccc21. The lowest BCUT2D eigenvalue weighted by Gasteiger charge is -2.45. The fourth-order valence-corrected chi connectivity index (χ4v) is 8.41. The average molecular weight is 624 g/mol. The molecule has 0 fully saturated rings. The molecular formula is C44H25N5. The summed E-state index contributed by atoms with van der Waals surface area (Å²) in [6.07, 6.45) is 3.71. The Morgan fingerprint density at radius 3 is 1.92 bits per heavy atom. The van der Waals surface area contributed by atoms with Crippen molar-refractivity contribution < 1.29 is 0 Å². The molecule has 5 heteroatoms. The number of pyridine rings is 1. The number of anilines is 3. The van der Waals surface area contributed by atoms with Crippen LogP contribution in [0.5, 0.6) is 0 Å². The lowest BCUT2D eigenvalue weighted by Crippen LogP contribution is -2.36. The van der Waals surface area contributed by atoms with Crippen LogP contribution in [-0.4, -0.2) is 9.55 Å². The number of aromatic nitrogens is 2. The van der Waals surface area contributed by atoms with Crippen molar-refractivity contribution in [2.24, 2.45) is 0 Å². The number of fused-ring (bicyclic) bond motifs is 12. The van der Waals surface area contributed by atoms with Gasteiger partial charge in [-0.25, -0.2) is 9.69 Å². The third-order valence-corrected chi connectivity index (χ3v) is 10.3. The highest BCUT2D eigenvalue weighted by atomic mass is 15.2. The minimum Gasteiger partial charge on any atom is -0.310 e. The van der Waals surface area contributed by atoms with E-state index >= 15 is 0 Å². The lowest BCUT2D eigenvalue weighted by atomic mass is 9.64. The molecule has 2 aromatic heterocycles. The fraction of sp³-hybridized carbons (Fsp3) is 0.0227. The van der Waals surface area contributed by atoms with E-state index in [4.69, 9.17) is 13.1 Å². The second-order valence-corrected chi connectivity index (χ2v) is 12.6. The van der Waals surface area contributed by atoms with Crippen molar-refractivity contribution in [3.8, 4) is 16.8 Å². The van der Waals surface area contributed by atoms with E-state index in [2.05, 4.69) is 133 Å². The Hall–Kier alpha value is -6.95. The molecule has 0 N–H and O–H groups in total. The van der Waals surface area contributed by atoms with Gasteiger partial charge in [-0.3, -0.25) is 4.98 Å². The van der Waals surface area contributed by atoms with Gasteiger partial charge in [-0.05, 0) is 87.3 Å². The van der Waals surface area contributed by atoms with Gasteiger partial charge in [0.25, 0.3) is 0 Å². The standard InChI is InChI=1S/C44H25N5/c1-45-28-19-21-40-34(24-28)35-27-47-23-22-41(35)48(40)30-10-9-11-31(26-30)49-42-16-7-5-14-37(42)44(38-15-6-8-17-43(38)49)36-13-4-3-12-32(36)33-20-18-29(46-2)25-39(33)44/h3-27H. The van der Waals surface area contributed by atoms with Gasteiger partial charge in [0.2, 0.25) is 0 Å². The summed E-state index contributed by atoms with van der Waals surface area (Å²) >= 11 is 0. The summed E-state index contributed by atoms with van der Waals surface area (Å²) in [5.74, 6) is 0. The molecule has 226 valence electrons. The van der Waals surface area contributed by atoms with Crippen LogP contribution < -0.4 is 4.90 Å². The molecule has 1 spiro atoms. The van der Waals surface area contributed by atoms with E-state index in [0.717, 1.165) is 50.1 Å². The fourth-order valence-electron chi connectivity index (χ4n) is 8.41. The second kappa shape index (κ2) is 10.0. The molecule has 0 saturated carbocycles. The normalized spacial score (nSPS) is 13.4. The molecule has 2 aliphatic rings. The van der Waals surface area contributed by atoms with Crippen LogP contribution in [0.3, 0.4) is 0 Å². The highest BCUT2D eigenvalue weighted by molar-refractivity contribution is 6.10. The van der Waals surface area contributed by atoms with Crippen LogP contribution in [0.2, 0.25) is 0 Å². The molecule has 0 radical (unpaired) electrons.